The van der Waals surface area contributed by atoms with E-state index in [1.165, 1.54) is 0 Å². The summed E-state index contributed by atoms with van der Waals surface area (Å²) in [7, 11) is 1.55. The first kappa shape index (κ1) is 26.2. The van der Waals surface area contributed by atoms with Gasteiger partial charge in [0.1, 0.15) is 5.69 Å². The number of piperidine rings is 1. The minimum absolute atomic E-state index is 0.0419. The number of H-pyrrole nitrogens is 1. The maximum Gasteiger partial charge on any atom is 0.309 e. The van der Waals surface area contributed by atoms with Crippen molar-refractivity contribution >= 4 is 11.9 Å². The molecule has 1 aliphatic heterocycles. The lowest BCUT2D eigenvalue weighted by molar-refractivity contribution is -0.151. The summed E-state index contributed by atoms with van der Waals surface area (Å²) in [5, 5.41) is 8.22. The van der Waals surface area contributed by atoms with E-state index in [1.807, 2.05) is 13.8 Å². The number of likely N-dealkylation sites (tertiary alicyclic amines) is 1. The van der Waals surface area contributed by atoms with Crippen molar-refractivity contribution in [1.82, 2.24) is 20.1 Å². The zero-order chi connectivity index (χ0) is 25.4. The Kier molecular flexibility index (Phi) is 9.22. The molecule has 1 amide bonds. The van der Waals surface area contributed by atoms with Gasteiger partial charge >= 0.3 is 5.97 Å². The highest BCUT2D eigenvalue weighted by molar-refractivity contribution is 5.77. The van der Waals surface area contributed by atoms with Gasteiger partial charge in [-0.2, -0.15) is 0 Å². The number of carbonyl (C=O) groups excluding carboxylic acids is 2. The largest absolute Gasteiger partial charge is 0.493 e. The second-order valence-corrected chi connectivity index (χ2v) is 8.56. The van der Waals surface area contributed by atoms with Crippen LogP contribution in [0.5, 0.6) is 11.5 Å². The van der Waals surface area contributed by atoms with Gasteiger partial charge in [-0.3, -0.25) is 14.4 Å². The molecule has 0 bridgehead atoms. The molecule has 1 N–H and O–H groups in total. The molecule has 10 heteroatoms. The number of nitrogens with one attached hydrogen (secondary N) is 1. The topological polar surface area (TPSA) is 124 Å². The normalized spacial score (nSPS) is 14.9. The summed E-state index contributed by atoms with van der Waals surface area (Å²) in [6.07, 6.45) is 2.41. The predicted octanol–water partition coefficient (Wildman–Crippen LogP) is 2.75. The second-order valence-electron chi connectivity index (χ2n) is 8.56. The molecule has 0 aliphatic carbocycles. The lowest BCUT2D eigenvalue weighted by Gasteiger charge is -2.30. The summed E-state index contributed by atoms with van der Waals surface area (Å²) in [4.78, 5) is 41.5. The average Bonchev–Trinajstić information content (AvgIpc) is 2.88. The average molecular weight is 487 g/mol. The molecule has 1 fully saturated rings. The Bertz CT molecular complexity index is 1080. The predicted molar refractivity (Wildman–Crippen MR) is 129 cm³/mol. The Morgan fingerprint density at radius 1 is 1.17 bits per heavy atom. The third-order valence-electron chi connectivity index (χ3n) is 6.15. The van der Waals surface area contributed by atoms with Gasteiger partial charge in [0.25, 0.3) is 5.56 Å². The van der Waals surface area contributed by atoms with E-state index in [2.05, 4.69) is 15.2 Å². The van der Waals surface area contributed by atoms with E-state index in [-0.39, 0.29) is 48.0 Å². The van der Waals surface area contributed by atoms with Gasteiger partial charge in [0.2, 0.25) is 5.91 Å². The van der Waals surface area contributed by atoms with Gasteiger partial charge in [0.15, 0.2) is 17.3 Å². The molecule has 1 aliphatic rings. The maximum absolute atomic E-state index is 12.6. The number of methoxy groups -OCH3 is 1. The number of aryl methyl sites for hydroxylation is 1. The van der Waals surface area contributed by atoms with E-state index >= 15 is 0 Å². The Labute approximate surface area is 205 Å². The van der Waals surface area contributed by atoms with Crippen LogP contribution in [0.3, 0.4) is 0 Å². The van der Waals surface area contributed by atoms with Gasteiger partial charge in [0.05, 0.1) is 25.7 Å². The van der Waals surface area contributed by atoms with Crippen LogP contribution in [0, 0.1) is 5.92 Å². The smallest absolute Gasteiger partial charge is 0.309 e. The van der Waals surface area contributed by atoms with Gasteiger partial charge in [-0.05, 0) is 51.3 Å². The van der Waals surface area contributed by atoms with Crippen LogP contribution in [0.25, 0.3) is 11.4 Å². The van der Waals surface area contributed by atoms with Crippen molar-refractivity contribution < 1.29 is 23.8 Å². The summed E-state index contributed by atoms with van der Waals surface area (Å²) in [6.45, 7) is 7.16. The summed E-state index contributed by atoms with van der Waals surface area (Å²) in [6, 6.07) is 5.29. The number of benzene rings is 1. The first-order valence-corrected chi connectivity index (χ1v) is 12.1. The van der Waals surface area contributed by atoms with Crippen LogP contribution in [0.4, 0.5) is 0 Å². The zero-order valence-corrected chi connectivity index (χ0v) is 20.8. The molecule has 1 atom stereocenters. The Morgan fingerprint density at radius 3 is 2.54 bits per heavy atom. The molecule has 1 aromatic carbocycles. The van der Waals surface area contributed by atoms with Crippen molar-refractivity contribution in [3.8, 4) is 22.9 Å². The van der Waals surface area contributed by atoms with Crippen LogP contribution in [0.2, 0.25) is 0 Å². The van der Waals surface area contributed by atoms with Crippen molar-refractivity contribution in [1.29, 1.82) is 0 Å². The number of nitrogens with zero attached hydrogens (tertiary/aromatic N) is 3. The first-order valence-electron chi connectivity index (χ1n) is 12.1. The number of hydrogen-bond donors (Lipinski definition) is 1. The van der Waals surface area contributed by atoms with E-state index in [1.54, 1.807) is 37.1 Å². The molecular formula is C25H34N4O6. The molecule has 3 rings (SSSR count). The number of aromatic amines is 1. The van der Waals surface area contributed by atoms with Gasteiger partial charge in [-0.25, -0.2) is 0 Å². The number of amides is 1. The van der Waals surface area contributed by atoms with Crippen LogP contribution in [0.1, 0.15) is 52.1 Å². The monoisotopic (exact) mass is 486 g/mol. The molecule has 0 radical (unpaired) electrons. The molecule has 10 nitrogen and oxygen atoms in total. The van der Waals surface area contributed by atoms with Crippen molar-refractivity contribution in [3.05, 3.63) is 34.2 Å². The molecule has 1 aromatic heterocycles. The maximum atomic E-state index is 12.6. The molecule has 35 heavy (non-hydrogen) atoms. The molecule has 0 saturated carbocycles. The Balaban J connectivity index is 1.59. The van der Waals surface area contributed by atoms with Crippen LogP contribution >= 0.6 is 0 Å². The Morgan fingerprint density at radius 2 is 1.91 bits per heavy atom. The van der Waals surface area contributed by atoms with E-state index < -0.39 is 0 Å². The third-order valence-corrected chi connectivity index (χ3v) is 6.15. The molecule has 2 aromatic rings. The summed E-state index contributed by atoms with van der Waals surface area (Å²) >= 11 is 0. The number of aromatic nitrogens is 3. The first-order chi connectivity index (χ1) is 16.9. The second kappa shape index (κ2) is 12.3. The Hall–Kier alpha value is -3.43. The fourth-order valence-electron chi connectivity index (χ4n) is 3.87. The van der Waals surface area contributed by atoms with E-state index in [0.29, 0.717) is 55.4 Å². The minimum atomic E-state index is -0.386. The van der Waals surface area contributed by atoms with Crippen LogP contribution in [0.15, 0.2) is 23.0 Å². The van der Waals surface area contributed by atoms with Crippen LogP contribution < -0.4 is 15.0 Å². The highest BCUT2D eigenvalue weighted by Gasteiger charge is 2.28. The van der Waals surface area contributed by atoms with E-state index in [4.69, 9.17) is 14.2 Å². The van der Waals surface area contributed by atoms with Crippen molar-refractivity contribution in [2.75, 3.05) is 26.8 Å². The van der Waals surface area contributed by atoms with Crippen molar-refractivity contribution in [3.63, 3.8) is 0 Å². The quantitative estimate of drug-likeness (QED) is 0.509. The fourth-order valence-corrected chi connectivity index (χ4v) is 3.87. The number of rotatable bonds is 10. The molecular weight excluding hydrogens is 452 g/mol. The SMILES string of the molecule is CCOC(=O)C1CCN(C(=O)CCc2nnc(-c3ccc(OC(C)CC)c(OC)c3)[nH]c2=O)CC1. The minimum Gasteiger partial charge on any atom is -0.493 e. The van der Waals surface area contributed by atoms with Gasteiger partial charge in [-0.1, -0.05) is 6.92 Å². The number of hydrogen-bond acceptors (Lipinski definition) is 8. The summed E-state index contributed by atoms with van der Waals surface area (Å²) < 4.78 is 16.4. The van der Waals surface area contributed by atoms with Crippen molar-refractivity contribution in [2.24, 2.45) is 5.92 Å². The van der Waals surface area contributed by atoms with E-state index in [9.17, 15) is 14.4 Å². The van der Waals surface area contributed by atoms with Gasteiger partial charge in [-0.15, -0.1) is 10.2 Å². The molecule has 0 spiro atoms. The highest BCUT2D eigenvalue weighted by Crippen LogP contribution is 2.32. The standard InChI is InChI=1S/C25H34N4O6/c1-5-16(3)35-20-9-7-18(15-21(20)33-4)23-26-24(31)19(27-28-23)8-10-22(30)29-13-11-17(12-14-29)25(32)34-6-2/h7,9,15-17H,5-6,8,10-14H2,1-4H3,(H,26,28,31). The van der Waals surface area contributed by atoms with Crippen LogP contribution in [-0.4, -0.2) is 64.9 Å². The van der Waals surface area contributed by atoms with Crippen LogP contribution in [-0.2, 0) is 20.7 Å². The third kappa shape index (κ3) is 6.80. The number of ether oxygens (including phenoxy) is 3. The lowest BCUT2D eigenvalue weighted by atomic mass is 9.96. The highest BCUT2D eigenvalue weighted by atomic mass is 16.5. The molecule has 1 saturated heterocycles. The number of esters is 1. The molecule has 190 valence electrons. The van der Waals surface area contributed by atoms with Gasteiger partial charge < -0.3 is 24.1 Å². The number of carbonyl (C=O) groups is 2. The fraction of sp³-hybridized carbons (Fsp3) is 0.560. The summed E-state index contributed by atoms with van der Waals surface area (Å²) in [5.41, 5.74) is 0.449. The zero-order valence-electron chi connectivity index (χ0n) is 20.8. The van der Waals surface area contributed by atoms with Gasteiger partial charge in [0, 0.05) is 31.5 Å². The van der Waals surface area contributed by atoms with Crippen molar-refractivity contribution in [2.45, 2.75) is 59.0 Å². The lowest BCUT2D eigenvalue weighted by Crippen LogP contribution is -2.40. The van der Waals surface area contributed by atoms with E-state index in [0.717, 1.165) is 6.42 Å². The molecule has 2 heterocycles. The molecule has 1 unspecified atom stereocenters. The summed E-state index contributed by atoms with van der Waals surface area (Å²) in [5.74, 6) is 1.03.